The highest BCUT2D eigenvalue weighted by Gasteiger charge is 2.59. The monoisotopic (exact) mass is 479 g/mol. The molecule has 1 saturated heterocycles. The topological polar surface area (TPSA) is 97.3 Å². The molecule has 34 heavy (non-hydrogen) atoms. The first-order chi connectivity index (χ1) is 16.5. The molecule has 2 aliphatic carbocycles. The fourth-order valence-electron chi connectivity index (χ4n) is 4.94. The van der Waals surface area contributed by atoms with Crippen LogP contribution in [0.2, 0.25) is 5.02 Å². The number of nitrogens with zero attached hydrogens (tertiary/aromatic N) is 2. The van der Waals surface area contributed by atoms with Crippen LogP contribution in [0.15, 0.2) is 59.7 Å². The highest BCUT2D eigenvalue weighted by Crippen LogP contribution is 2.52. The number of methoxy groups -OCH3 is 1. The Bertz CT molecular complexity index is 1180. The second-order valence-electron chi connectivity index (χ2n) is 8.46. The van der Waals surface area contributed by atoms with Crippen LogP contribution in [0.4, 0.5) is 5.69 Å². The van der Waals surface area contributed by atoms with Crippen molar-refractivity contribution < 1.29 is 23.9 Å². The minimum Gasteiger partial charge on any atom is -0.493 e. The third kappa shape index (κ3) is 3.94. The Morgan fingerprint density at radius 1 is 1.12 bits per heavy atom. The SMILES string of the molecule is COc1cccc(C=NN2C(=O)C3C4C=CC(C4)C3C2=O)c1OCC(=O)Nc1ccc(Cl)cc1. The molecule has 2 fully saturated rings. The van der Waals surface area contributed by atoms with Crippen molar-refractivity contribution in [1.29, 1.82) is 0 Å². The normalized spacial score (nSPS) is 24.7. The van der Waals surface area contributed by atoms with Crippen LogP contribution in [-0.2, 0) is 14.4 Å². The van der Waals surface area contributed by atoms with Gasteiger partial charge in [0, 0.05) is 16.3 Å². The van der Waals surface area contributed by atoms with Gasteiger partial charge in [-0.3, -0.25) is 14.4 Å². The summed E-state index contributed by atoms with van der Waals surface area (Å²) >= 11 is 5.87. The lowest BCUT2D eigenvalue weighted by atomic mass is 9.85. The summed E-state index contributed by atoms with van der Waals surface area (Å²) in [7, 11) is 1.48. The molecule has 0 radical (unpaired) electrons. The van der Waals surface area contributed by atoms with Crippen molar-refractivity contribution in [2.45, 2.75) is 6.42 Å². The molecule has 2 bridgehead atoms. The zero-order chi connectivity index (χ0) is 23.8. The van der Waals surface area contributed by atoms with Gasteiger partial charge in [-0.2, -0.15) is 10.1 Å². The number of ether oxygens (including phenoxy) is 2. The van der Waals surface area contributed by atoms with Crippen LogP contribution in [0.1, 0.15) is 12.0 Å². The minimum atomic E-state index is -0.378. The smallest absolute Gasteiger partial charge is 0.262 e. The number of fused-ring (bicyclic) bond motifs is 5. The number of hydrazone groups is 1. The molecule has 1 aliphatic heterocycles. The van der Waals surface area contributed by atoms with Gasteiger partial charge in [0.05, 0.1) is 25.2 Å². The van der Waals surface area contributed by atoms with Crippen LogP contribution in [0.3, 0.4) is 0 Å². The number of halogens is 1. The van der Waals surface area contributed by atoms with Crippen LogP contribution in [-0.4, -0.2) is 42.7 Å². The molecule has 1 saturated carbocycles. The van der Waals surface area contributed by atoms with E-state index in [0.717, 1.165) is 11.4 Å². The number of amides is 3. The Morgan fingerprint density at radius 3 is 2.44 bits per heavy atom. The van der Waals surface area contributed by atoms with Crippen LogP contribution < -0.4 is 14.8 Å². The quantitative estimate of drug-likeness (QED) is 0.372. The number of carbonyl (C=O) groups excluding carboxylic acids is 3. The maximum atomic E-state index is 12.9. The molecule has 1 N–H and O–H groups in total. The van der Waals surface area contributed by atoms with E-state index < -0.39 is 0 Å². The van der Waals surface area contributed by atoms with E-state index in [1.807, 2.05) is 12.2 Å². The summed E-state index contributed by atoms with van der Waals surface area (Å²) in [5.74, 6) is -0.664. The van der Waals surface area contributed by atoms with E-state index in [1.54, 1.807) is 42.5 Å². The van der Waals surface area contributed by atoms with Gasteiger partial charge in [0.2, 0.25) is 0 Å². The van der Waals surface area contributed by atoms with Crippen molar-refractivity contribution in [3.8, 4) is 11.5 Å². The van der Waals surface area contributed by atoms with Crippen molar-refractivity contribution in [2.75, 3.05) is 19.0 Å². The van der Waals surface area contributed by atoms with E-state index in [4.69, 9.17) is 21.1 Å². The van der Waals surface area contributed by atoms with E-state index in [2.05, 4.69) is 10.4 Å². The third-order valence-corrected chi connectivity index (χ3v) is 6.72. The van der Waals surface area contributed by atoms with E-state index >= 15 is 0 Å². The first-order valence-electron chi connectivity index (χ1n) is 10.9. The molecule has 4 unspecified atom stereocenters. The van der Waals surface area contributed by atoms with Crippen LogP contribution in [0, 0.1) is 23.7 Å². The fourth-order valence-corrected chi connectivity index (χ4v) is 5.06. The summed E-state index contributed by atoms with van der Waals surface area (Å²) in [6.07, 6.45) is 6.32. The molecular weight excluding hydrogens is 458 g/mol. The summed E-state index contributed by atoms with van der Waals surface area (Å²) in [5, 5.41) is 8.46. The summed E-state index contributed by atoms with van der Waals surface area (Å²) in [4.78, 5) is 38.1. The van der Waals surface area contributed by atoms with Crippen LogP contribution in [0.5, 0.6) is 11.5 Å². The lowest BCUT2D eigenvalue weighted by Crippen LogP contribution is -2.28. The van der Waals surface area contributed by atoms with Crippen molar-refractivity contribution in [2.24, 2.45) is 28.8 Å². The lowest BCUT2D eigenvalue weighted by molar-refractivity contribution is -0.140. The van der Waals surface area contributed by atoms with Gasteiger partial charge in [-0.1, -0.05) is 29.8 Å². The Balaban J connectivity index is 1.30. The van der Waals surface area contributed by atoms with Gasteiger partial charge in [0.15, 0.2) is 18.1 Å². The highest BCUT2D eigenvalue weighted by molar-refractivity contribution is 6.30. The maximum Gasteiger partial charge on any atom is 0.262 e. The number of hydrogen-bond acceptors (Lipinski definition) is 6. The molecule has 3 aliphatic rings. The van der Waals surface area contributed by atoms with Crippen LogP contribution in [0.25, 0.3) is 0 Å². The van der Waals surface area contributed by atoms with Crippen molar-refractivity contribution in [1.82, 2.24) is 5.01 Å². The largest absolute Gasteiger partial charge is 0.493 e. The second-order valence-corrected chi connectivity index (χ2v) is 8.89. The number of allylic oxidation sites excluding steroid dienone is 2. The Hall–Kier alpha value is -3.65. The average molecular weight is 480 g/mol. The van der Waals surface area contributed by atoms with Gasteiger partial charge in [-0.25, -0.2) is 0 Å². The minimum absolute atomic E-state index is 0.113. The Morgan fingerprint density at radius 2 is 1.79 bits per heavy atom. The molecule has 0 aromatic heterocycles. The van der Waals surface area contributed by atoms with Crippen LogP contribution >= 0.6 is 11.6 Å². The van der Waals surface area contributed by atoms with Gasteiger partial charge >= 0.3 is 0 Å². The van der Waals surface area contributed by atoms with Crippen molar-refractivity contribution in [3.05, 3.63) is 65.2 Å². The molecule has 2 aromatic rings. The van der Waals surface area contributed by atoms with Gasteiger partial charge in [0.25, 0.3) is 17.7 Å². The summed E-state index contributed by atoms with van der Waals surface area (Å²) < 4.78 is 11.1. The third-order valence-electron chi connectivity index (χ3n) is 6.46. The van der Waals surface area contributed by atoms with Gasteiger partial charge in [-0.15, -0.1) is 0 Å². The average Bonchev–Trinajstić information content (AvgIpc) is 3.52. The van der Waals surface area contributed by atoms with Gasteiger partial charge in [0.1, 0.15) is 0 Å². The summed E-state index contributed by atoms with van der Waals surface area (Å²) in [6.45, 7) is -0.287. The molecule has 5 rings (SSSR count). The maximum absolute atomic E-state index is 12.9. The van der Waals surface area contributed by atoms with Gasteiger partial charge < -0.3 is 14.8 Å². The molecular formula is C25H22ClN3O5. The van der Waals surface area contributed by atoms with E-state index in [0.29, 0.717) is 22.0 Å². The Labute approximate surface area is 201 Å². The molecule has 8 nitrogen and oxygen atoms in total. The molecule has 174 valence electrons. The zero-order valence-electron chi connectivity index (χ0n) is 18.3. The number of benzene rings is 2. The number of anilines is 1. The molecule has 4 atom stereocenters. The number of hydrogen-bond donors (Lipinski definition) is 1. The molecule has 2 aromatic carbocycles. The zero-order valence-corrected chi connectivity index (χ0v) is 19.1. The summed E-state index contributed by atoms with van der Waals surface area (Å²) in [6, 6.07) is 11.8. The number of nitrogens with one attached hydrogen (secondary N) is 1. The molecule has 0 spiro atoms. The highest BCUT2D eigenvalue weighted by atomic mass is 35.5. The number of rotatable bonds is 7. The lowest BCUT2D eigenvalue weighted by Gasteiger charge is -2.14. The standard InChI is InChI=1S/C25H22ClN3O5/c1-33-19-4-2-3-16(23(19)34-13-20(30)28-18-9-7-17(26)8-10-18)12-27-29-24(31)21-14-5-6-15(11-14)22(21)25(29)32/h2-10,12,14-15,21-22H,11,13H2,1H3,(H,28,30). The van der Waals surface area contributed by atoms with E-state index in [-0.39, 0.29) is 53.7 Å². The van der Waals surface area contributed by atoms with Crippen molar-refractivity contribution >= 4 is 41.2 Å². The Kier molecular flexibility index (Phi) is 5.83. The number of para-hydroxylation sites is 1. The molecule has 9 heteroatoms. The van der Waals surface area contributed by atoms with Gasteiger partial charge in [-0.05, 0) is 54.7 Å². The summed E-state index contributed by atoms with van der Waals surface area (Å²) in [5.41, 5.74) is 1.05. The van der Waals surface area contributed by atoms with Crippen molar-refractivity contribution in [3.63, 3.8) is 0 Å². The fraction of sp³-hybridized carbons (Fsp3) is 0.280. The number of imide groups is 1. The molecule has 3 amide bonds. The predicted molar refractivity (Wildman–Crippen MR) is 126 cm³/mol. The number of carbonyl (C=O) groups is 3. The van der Waals surface area contributed by atoms with E-state index in [9.17, 15) is 14.4 Å². The molecule has 1 heterocycles. The predicted octanol–water partition coefficient (Wildman–Crippen LogP) is 3.51. The van der Waals surface area contributed by atoms with E-state index in [1.165, 1.54) is 13.3 Å². The second kappa shape index (κ2) is 8.95. The first kappa shape index (κ1) is 22.2. The first-order valence-corrected chi connectivity index (χ1v) is 11.3.